The maximum absolute atomic E-state index is 12.3. The topological polar surface area (TPSA) is 101 Å². The van der Waals surface area contributed by atoms with Crippen LogP contribution in [0.25, 0.3) is 0 Å². The van der Waals surface area contributed by atoms with Crippen molar-refractivity contribution in [3.05, 3.63) is 41.2 Å². The number of hydrogen-bond donors (Lipinski definition) is 2. The molecule has 1 aromatic heterocycles. The number of aromatic amines is 1. The second-order valence-corrected chi connectivity index (χ2v) is 6.11. The van der Waals surface area contributed by atoms with Crippen LogP contribution in [-0.4, -0.2) is 31.7 Å². The lowest BCUT2D eigenvalue weighted by Gasteiger charge is -2.08. The quantitative estimate of drug-likeness (QED) is 0.836. The highest BCUT2D eigenvalue weighted by Gasteiger charge is 2.18. The fraction of sp³-hybridized carbons (Fsp3) is 0.231. The summed E-state index contributed by atoms with van der Waals surface area (Å²) in [4.78, 5) is 11.4. The summed E-state index contributed by atoms with van der Waals surface area (Å²) in [5.41, 5.74) is 1.89. The highest BCUT2D eigenvalue weighted by molar-refractivity contribution is 7.92. The predicted molar refractivity (Wildman–Crippen MR) is 76.7 cm³/mol. The summed E-state index contributed by atoms with van der Waals surface area (Å²) in [7, 11) is -2.48. The molecule has 112 valence electrons. The molecule has 0 fully saturated rings. The van der Waals surface area contributed by atoms with Crippen molar-refractivity contribution in [2.24, 2.45) is 0 Å². The van der Waals surface area contributed by atoms with Gasteiger partial charge in [-0.05, 0) is 38.1 Å². The highest BCUT2D eigenvalue weighted by atomic mass is 32.2. The standard InChI is InChI=1S/C13H15N3O4S/c1-8-12(9(2)15-14-8)16-21(18,19)11-6-4-10(5-7-11)13(17)20-3/h4-7,16H,1-3H3,(H,14,15). The minimum absolute atomic E-state index is 0.0511. The average molecular weight is 309 g/mol. The van der Waals surface area contributed by atoms with Gasteiger partial charge in [-0.2, -0.15) is 5.10 Å². The summed E-state index contributed by atoms with van der Waals surface area (Å²) < 4.78 is 31.6. The van der Waals surface area contributed by atoms with Gasteiger partial charge in [0.15, 0.2) is 0 Å². The number of benzene rings is 1. The predicted octanol–water partition coefficient (Wildman–Crippen LogP) is 1.61. The molecule has 0 saturated heterocycles. The van der Waals surface area contributed by atoms with Gasteiger partial charge in [0.2, 0.25) is 0 Å². The van der Waals surface area contributed by atoms with Gasteiger partial charge in [-0.25, -0.2) is 13.2 Å². The number of sulfonamides is 1. The molecule has 8 heteroatoms. The third kappa shape index (κ3) is 3.05. The van der Waals surface area contributed by atoms with E-state index in [-0.39, 0.29) is 10.5 Å². The molecule has 0 aliphatic heterocycles. The molecule has 1 heterocycles. The molecule has 0 saturated carbocycles. The molecule has 2 aromatic rings. The average Bonchev–Trinajstić information content (AvgIpc) is 2.78. The van der Waals surface area contributed by atoms with E-state index in [1.807, 2.05) is 0 Å². The van der Waals surface area contributed by atoms with Crippen LogP contribution in [0.3, 0.4) is 0 Å². The minimum Gasteiger partial charge on any atom is -0.465 e. The number of aryl methyl sites for hydroxylation is 2. The monoisotopic (exact) mass is 309 g/mol. The van der Waals surface area contributed by atoms with E-state index in [0.29, 0.717) is 17.1 Å². The summed E-state index contributed by atoms with van der Waals surface area (Å²) in [6.07, 6.45) is 0. The Morgan fingerprint density at radius 3 is 2.33 bits per heavy atom. The maximum Gasteiger partial charge on any atom is 0.337 e. The second kappa shape index (κ2) is 5.57. The van der Waals surface area contributed by atoms with E-state index in [2.05, 4.69) is 19.7 Å². The van der Waals surface area contributed by atoms with Gasteiger partial charge in [0.05, 0.1) is 34.6 Å². The molecule has 21 heavy (non-hydrogen) atoms. The zero-order valence-electron chi connectivity index (χ0n) is 11.8. The van der Waals surface area contributed by atoms with Crippen molar-refractivity contribution < 1.29 is 17.9 Å². The molecule has 0 bridgehead atoms. The first-order valence-electron chi connectivity index (χ1n) is 6.08. The molecule has 2 rings (SSSR count). The van der Waals surface area contributed by atoms with Gasteiger partial charge in [0, 0.05) is 0 Å². The van der Waals surface area contributed by atoms with Crippen molar-refractivity contribution in [3.8, 4) is 0 Å². The third-order valence-corrected chi connectivity index (χ3v) is 4.32. The van der Waals surface area contributed by atoms with Crippen LogP contribution in [0, 0.1) is 13.8 Å². The summed E-state index contributed by atoms with van der Waals surface area (Å²) in [6.45, 7) is 3.42. The summed E-state index contributed by atoms with van der Waals surface area (Å²) >= 11 is 0. The molecule has 0 unspecified atom stereocenters. The number of aromatic nitrogens is 2. The van der Waals surface area contributed by atoms with E-state index in [1.165, 1.54) is 31.4 Å². The van der Waals surface area contributed by atoms with E-state index >= 15 is 0 Å². The van der Waals surface area contributed by atoms with E-state index in [0.717, 1.165) is 0 Å². The summed E-state index contributed by atoms with van der Waals surface area (Å²) in [5.74, 6) is -0.520. The van der Waals surface area contributed by atoms with Crippen LogP contribution in [0.5, 0.6) is 0 Å². The summed E-state index contributed by atoms with van der Waals surface area (Å²) in [6, 6.07) is 5.49. The number of H-pyrrole nitrogens is 1. The number of ether oxygens (including phenoxy) is 1. The maximum atomic E-state index is 12.3. The van der Waals surface area contributed by atoms with E-state index in [9.17, 15) is 13.2 Å². The summed E-state index contributed by atoms with van der Waals surface area (Å²) in [5, 5.41) is 6.63. The van der Waals surface area contributed by atoms with Gasteiger partial charge in [-0.3, -0.25) is 9.82 Å². The highest BCUT2D eigenvalue weighted by Crippen LogP contribution is 2.21. The van der Waals surface area contributed by atoms with Gasteiger partial charge in [0.25, 0.3) is 10.0 Å². The van der Waals surface area contributed by atoms with Gasteiger partial charge < -0.3 is 4.74 Å². The Labute approximate surface area is 122 Å². The Bertz CT molecular complexity index is 744. The first-order valence-corrected chi connectivity index (χ1v) is 7.56. The molecule has 0 atom stereocenters. The zero-order valence-corrected chi connectivity index (χ0v) is 12.6. The first-order chi connectivity index (χ1) is 9.85. The Morgan fingerprint density at radius 2 is 1.86 bits per heavy atom. The van der Waals surface area contributed by atoms with Crippen molar-refractivity contribution in [2.45, 2.75) is 18.7 Å². The van der Waals surface area contributed by atoms with Crippen molar-refractivity contribution in [1.82, 2.24) is 10.2 Å². The van der Waals surface area contributed by atoms with Crippen LogP contribution in [0.4, 0.5) is 5.69 Å². The molecule has 1 aromatic carbocycles. The minimum atomic E-state index is -3.74. The largest absolute Gasteiger partial charge is 0.465 e. The number of hydrogen-bond acceptors (Lipinski definition) is 5. The number of esters is 1. The van der Waals surface area contributed by atoms with Crippen molar-refractivity contribution in [2.75, 3.05) is 11.8 Å². The number of carbonyl (C=O) groups excluding carboxylic acids is 1. The van der Waals surface area contributed by atoms with Gasteiger partial charge in [-0.1, -0.05) is 0 Å². The number of carbonyl (C=O) groups is 1. The smallest absolute Gasteiger partial charge is 0.337 e. The fourth-order valence-electron chi connectivity index (χ4n) is 1.78. The molecule has 0 radical (unpaired) electrons. The third-order valence-electron chi connectivity index (χ3n) is 2.95. The number of nitrogens with one attached hydrogen (secondary N) is 2. The number of anilines is 1. The van der Waals surface area contributed by atoms with E-state index in [4.69, 9.17) is 0 Å². The van der Waals surface area contributed by atoms with Crippen molar-refractivity contribution in [3.63, 3.8) is 0 Å². The van der Waals surface area contributed by atoms with Crippen LogP contribution in [-0.2, 0) is 14.8 Å². The van der Waals surface area contributed by atoms with Gasteiger partial charge >= 0.3 is 5.97 Å². The lowest BCUT2D eigenvalue weighted by molar-refractivity contribution is 0.0600. The van der Waals surface area contributed by atoms with Crippen LogP contribution in [0.1, 0.15) is 21.7 Å². The van der Waals surface area contributed by atoms with Crippen LogP contribution >= 0.6 is 0 Å². The number of methoxy groups -OCH3 is 1. The Morgan fingerprint density at radius 1 is 1.24 bits per heavy atom. The lowest BCUT2D eigenvalue weighted by atomic mass is 10.2. The van der Waals surface area contributed by atoms with Gasteiger partial charge in [0.1, 0.15) is 0 Å². The molecule has 0 aliphatic rings. The lowest BCUT2D eigenvalue weighted by Crippen LogP contribution is -2.14. The van der Waals surface area contributed by atoms with E-state index in [1.54, 1.807) is 13.8 Å². The SMILES string of the molecule is COC(=O)c1ccc(S(=O)(=O)Nc2c(C)n[nH]c2C)cc1. The van der Waals surface area contributed by atoms with Gasteiger partial charge in [-0.15, -0.1) is 0 Å². The molecule has 2 N–H and O–H groups in total. The number of nitrogens with zero attached hydrogens (tertiary/aromatic N) is 1. The Kier molecular flexibility index (Phi) is 3.99. The van der Waals surface area contributed by atoms with Crippen LogP contribution in [0.2, 0.25) is 0 Å². The number of rotatable bonds is 4. The molecule has 7 nitrogen and oxygen atoms in total. The zero-order chi connectivity index (χ0) is 15.6. The van der Waals surface area contributed by atoms with E-state index < -0.39 is 16.0 Å². The van der Waals surface area contributed by atoms with Crippen LogP contribution in [0.15, 0.2) is 29.2 Å². The molecule has 0 amide bonds. The first kappa shape index (κ1) is 15.0. The molecule has 0 spiro atoms. The van der Waals surface area contributed by atoms with Crippen molar-refractivity contribution >= 4 is 21.7 Å². The molecular formula is C13H15N3O4S. The normalized spacial score (nSPS) is 11.2. The van der Waals surface area contributed by atoms with Crippen LogP contribution < -0.4 is 4.72 Å². The molecular weight excluding hydrogens is 294 g/mol. The fourth-order valence-corrected chi connectivity index (χ4v) is 2.96. The molecule has 0 aliphatic carbocycles. The van der Waals surface area contributed by atoms with Crippen molar-refractivity contribution in [1.29, 1.82) is 0 Å². The second-order valence-electron chi connectivity index (χ2n) is 4.43. The Balaban J connectivity index is 2.30. The Hall–Kier alpha value is -2.35.